The first-order valence-corrected chi connectivity index (χ1v) is 7.43. The number of aryl methyl sites for hydroxylation is 2. The van der Waals surface area contributed by atoms with Gasteiger partial charge in [-0.05, 0) is 67.1 Å². The minimum atomic E-state index is 0.584. The third-order valence-corrected chi connectivity index (χ3v) is 4.05. The van der Waals surface area contributed by atoms with Gasteiger partial charge in [-0.25, -0.2) is 0 Å². The summed E-state index contributed by atoms with van der Waals surface area (Å²) in [4.78, 5) is 0. The smallest absolute Gasteiger partial charge is 0.149 e. The molecule has 0 saturated heterocycles. The second-order valence-corrected chi connectivity index (χ2v) is 5.56. The Kier molecular flexibility index (Phi) is 3.95. The predicted molar refractivity (Wildman–Crippen MR) is 82.8 cm³/mol. The molecule has 1 aliphatic carbocycles. The number of fused-ring (bicyclic) bond motifs is 1. The molecule has 0 heterocycles. The first-order chi connectivity index (χ1) is 9.78. The Balaban J connectivity index is 1.91. The molecule has 0 spiro atoms. The van der Waals surface area contributed by atoms with Gasteiger partial charge in [0.25, 0.3) is 0 Å². The van der Waals surface area contributed by atoms with Gasteiger partial charge in [0.05, 0.1) is 5.02 Å². The minimum Gasteiger partial charge on any atom is -0.456 e. The van der Waals surface area contributed by atoms with Gasteiger partial charge in [0, 0.05) is 0 Å². The van der Waals surface area contributed by atoms with Crippen LogP contribution in [0.1, 0.15) is 23.1 Å². The molecule has 104 valence electrons. The molecule has 0 radical (unpaired) electrons. The molecule has 0 unspecified atom stereocenters. The van der Waals surface area contributed by atoms with E-state index in [0.717, 1.165) is 29.9 Å². The third kappa shape index (κ3) is 2.67. The first-order valence-electron chi connectivity index (χ1n) is 7.05. The Morgan fingerprint density at radius 1 is 1.10 bits per heavy atom. The van der Waals surface area contributed by atoms with Gasteiger partial charge in [0.2, 0.25) is 0 Å². The van der Waals surface area contributed by atoms with E-state index in [-0.39, 0.29) is 0 Å². The number of benzene rings is 2. The second-order valence-electron chi connectivity index (χ2n) is 5.15. The number of hydrogen-bond donors (Lipinski definition) is 1. The van der Waals surface area contributed by atoms with Crippen LogP contribution in [0.25, 0.3) is 0 Å². The highest BCUT2D eigenvalue weighted by Crippen LogP contribution is 2.35. The van der Waals surface area contributed by atoms with Crippen molar-refractivity contribution in [2.45, 2.75) is 25.7 Å². The Morgan fingerprint density at radius 3 is 2.80 bits per heavy atom. The Morgan fingerprint density at radius 2 is 1.95 bits per heavy atom. The van der Waals surface area contributed by atoms with E-state index >= 15 is 0 Å². The van der Waals surface area contributed by atoms with Crippen LogP contribution in [-0.4, -0.2) is 6.54 Å². The Labute approximate surface area is 124 Å². The third-order valence-electron chi connectivity index (χ3n) is 3.75. The molecular weight excluding hydrogens is 270 g/mol. The van der Waals surface area contributed by atoms with Crippen LogP contribution < -0.4 is 10.5 Å². The van der Waals surface area contributed by atoms with Crippen molar-refractivity contribution in [3.05, 3.63) is 58.1 Å². The number of para-hydroxylation sites is 1. The van der Waals surface area contributed by atoms with Crippen LogP contribution in [-0.2, 0) is 19.3 Å². The molecule has 2 aromatic rings. The van der Waals surface area contributed by atoms with Crippen LogP contribution in [0, 0.1) is 0 Å². The lowest BCUT2D eigenvalue weighted by atomic mass is 10.1. The van der Waals surface area contributed by atoms with Crippen molar-refractivity contribution in [1.82, 2.24) is 0 Å². The fourth-order valence-electron chi connectivity index (χ4n) is 2.75. The minimum absolute atomic E-state index is 0.584. The molecule has 0 fully saturated rings. The maximum Gasteiger partial charge on any atom is 0.149 e. The van der Waals surface area contributed by atoms with Crippen molar-refractivity contribution in [2.24, 2.45) is 5.73 Å². The summed E-state index contributed by atoms with van der Waals surface area (Å²) in [5.41, 5.74) is 9.55. The summed E-state index contributed by atoms with van der Waals surface area (Å²) in [6, 6.07) is 12.1. The molecule has 2 N–H and O–H groups in total. The van der Waals surface area contributed by atoms with Gasteiger partial charge in [-0.2, -0.15) is 0 Å². The van der Waals surface area contributed by atoms with Crippen molar-refractivity contribution in [2.75, 3.05) is 6.54 Å². The molecule has 1 aliphatic rings. The topological polar surface area (TPSA) is 35.2 Å². The zero-order chi connectivity index (χ0) is 13.9. The molecular formula is C17H18ClNO. The first kappa shape index (κ1) is 13.5. The van der Waals surface area contributed by atoms with Gasteiger partial charge >= 0.3 is 0 Å². The highest BCUT2D eigenvalue weighted by molar-refractivity contribution is 6.32. The molecule has 0 aromatic heterocycles. The van der Waals surface area contributed by atoms with Gasteiger partial charge in [-0.3, -0.25) is 0 Å². The van der Waals surface area contributed by atoms with Crippen LogP contribution in [0.15, 0.2) is 36.4 Å². The van der Waals surface area contributed by atoms with E-state index in [4.69, 9.17) is 22.1 Å². The highest BCUT2D eigenvalue weighted by atomic mass is 35.5. The summed E-state index contributed by atoms with van der Waals surface area (Å²) >= 11 is 6.27. The maximum atomic E-state index is 6.27. The molecule has 0 aliphatic heterocycles. The van der Waals surface area contributed by atoms with Crippen LogP contribution in [0.4, 0.5) is 0 Å². The SMILES string of the molecule is NCCc1cccc(Cl)c1Oc1ccc2c(c1)CCC2. The average Bonchev–Trinajstić information content (AvgIpc) is 2.90. The number of nitrogens with two attached hydrogens (primary N) is 1. The quantitative estimate of drug-likeness (QED) is 0.918. The largest absolute Gasteiger partial charge is 0.456 e. The van der Waals surface area contributed by atoms with Crippen molar-refractivity contribution >= 4 is 11.6 Å². The van der Waals surface area contributed by atoms with Crippen LogP contribution in [0.2, 0.25) is 5.02 Å². The van der Waals surface area contributed by atoms with Gasteiger partial charge in [0.1, 0.15) is 11.5 Å². The molecule has 0 bridgehead atoms. The average molecular weight is 288 g/mol. The summed E-state index contributed by atoms with van der Waals surface area (Å²) < 4.78 is 6.03. The number of ether oxygens (including phenoxy) is 1. The molecule has 3 rings (SSSR count). The Hall–Kier alpha value is -1.51. The lowest BCUT2D eigenvalue weighted by Crippen LogP contribution is -2.04. The predicted octanol–water partition coefficient (Wildman–Crippen LogP) is 4.12. The molecule has 3 heteroatoms. The zero-order valence-electron chi connectivity index (χ0n) is 11.4. The summed E-state index contributed by atoms with van der Waals surface area (Å²) in [5.74, 6) is 1.59. The van der Waals surface area contributed by atoms with Gasteiger partial charge in [-0.1, -0.05) is 29.8 Å². The maximum absolute atomic E-state index is 6.27. The van der Waals surface area contributed by atoms with Gasteiger partial charge < -0.3 is 10.5 Å². The van der Waals surface area contributed by atoms with Crippen molar-refractivity contribution in [3.8, 4) is 11.5 Å². The molecule has 0 atom stereocenters. The van der Waals surface area contributed by atoms with Gasteiger partial charge in [-0.15, -0.1) is 0 Å². The molecule has 2 aromatic carbocycles. The second kappa shape index (κ2) is 5.86. The van der Waals surface area contributed by atoms with Crippen molar-refractivity contribution in [3.63, 3.8) is 0 Å². The van der Waals surface area contributed by atoms with E-state index in [0.29, 0.717) is 11.6 Å². The Bertz CT molecular complexity index is 624. The molecule has 0 amide bonds. The summed E-state index contributed by atoms with van der Waals surface area (Å²) in [6.45, 7) is 0.584. The van der Waals surface area contributed by atoms with Crippen molar-refractivity contribution < 1.29 is 4.74 Å². The fraction of sp³-hybridized carbons (Fsp3) is 0.294. The zero-order valence-corrected chi connectivity index (χ0v) is 12.1. The lowest BCUT2D eigenvalue weighted by Gasteiger charge is -2.13. The van der Waals surface area contributed by atoms with Crippen molar-refractivity contribution in [1.29, 1.82) is 0 Å². The monoisotopic (exact) mass is 287 g/mol. The lowest BCUT2D eigenvalue weighted by molar-refractivity contribution is 0.476. The highest BCUT2D eigenvalue weighted by Gasteiger charge is 2.13. The van der Waals surface area contributed by atoms with E-state index in [1.807, 2.05) is 24.3 Å². The van der Waals surface area contributed by atoms with Gasteiger partial charge in [0.15, 0.2) is 0 Å². The number of halogens is 1. The molecule has 0 saturated carbocycles. The summed E-state index contributed by atoms with van der Waals surface area (Å²) in [5, 5.41) is 0.636. The van der Waals surface area contributed by atoms with E-state index in [2.05, 4.69) is 12.1 Å². The van der Waals surface area contributed by atoms with Crippen LogP contribution in [0.5, 0.6) is 11.5 Å². The summed E-state index contributed by atoms with van der Waals surface area (Å²) in [6.07, 6.45) is 4.33. The van der Waals surface area contributed by atoms with E-state index in [1.165, 1.54) is 24.0 Å². The normalized spacial score (nSPS) is 13.3. The molecule has 20 heavy (non-hydrogen) atoms. The van der Waals surface area contributed by atoms with E-state index in [1.54, 1.807) is 0 Å². The molecule has 2 nitrogen and oxygen atoms in total. The van der Waals surface area contributed by atoms with Crippen LogP contribution in [0.3, 0.4) is 0 Å². The van der Waals surface area contributed by atoms with E-state index < -0.39 is 0 Å². The number of rotatable bonds is 4. The fourth-order valence-corrected chi connectivity index (χ4v) is 2.98. The summed E-state index contributed by atoms with van der Waals surface area (Å²) in [7, 11) is 0. The standard InChI is InChI=1S/C17H18ClNO/c18-16-6-2-4-13(9-10-19)17(16)20-15-8-7-12-3-1-5-14(12)11-15/h2,4,6-8,11H,1,3,5,9-10,19H2. The number of hydrogen-bond acceptors (Lipinski definition) is 2. The van der Waals surface area contributed by atoms with E-state index in [9.17, 15) is 0 Å². The van der Waals surface area contributed by atoms with Crippen LogP contribution >= 0.6 is 11.6 Å².